The third-order valence-electron chi connectivity index (χ3n) is 4.72. The van der Waals surface area contributed by atoms with Crippen LogP contribution in [0.3, 0.4) is 0 Å². The lowest BCUT2D eigenvalue weighted by atomic mass is 9.94. The molecule has 0 aliphatic heterocycles. The Morgan fingerprint density at radius 1 is 0.966 bits per heavy atom. The van der Waals surface area contributed by atoms with Crippen LogP contribution in [0.25, 0.3) is 11.1 Å². The molecule has 0 fully saturated rings. The number of carbonyl (C=O) groups is 3. The van der Waals surface area contributed by atoms with Gasteiger partial charge in [-0.1, -0.05) is 61.5 Å². The number of hydrogen-bond donors (Lipinski definition) is 2. The summed E-state index contributed by atoms with van der Waals surface area (Å²) in [6, 6.07) is 17.8. The lowest BCUT2D eigenvalue weighted by Gasteiger charge is -2.21. The van der Waals surface area contributed by atoms with Crippen LogP contribution in [0.1, 0.15) is 31.7 Å². The molecule has 2 aromatic carbocycles. The lowest BCUT2D eigenvalue weighted by molar-refractivity contribution is -0.145. The standard InChI is InChI=1S/C23H27NO5/c1-16(23(28)29-2)14-20(24-21(25)12-13-22(26)27)15-17-8-10-19(11-9-17)18-6-4-3-5-7-18/h3-11,16,20H,12-15H2,1-2H3,(H,24,25)(H,26,27)/t16-,20?/m0/s1. The third-order valence-corrected chi connectivity index (χ3v) is 4.72. The topological polar surface area (TPSA) is 92.7 Å². The highest BCUT2D eigenvalue weighted by Gasteiger charge is 2.21. The number of hydrogen-bond acceptors (Lipinski definition) is 4. The fraction of sp³-hybridized carbons (Fsp3) is 0.348. The quantitative estimate of drug-likeness (QED) is 0.599. The highest BCUT2D eigenvalue weighted by Crippen LogP contribution is 2.21. The van der Waals surface area contributed by atoms with Crippen molar-refractivity contribution < 1.29 is 24.2 Å². The second-order valence-electron chi connectivity index (χ2n) is 7.09. The van der Waals surface area contributed by atoms with Crippen LogP contribution in [0.5, 0.6) is 0 Å². The zero-order valence-electron chi connectivity index (χ0n) is 16.8. The van der Waals surface area contributed by atoms with Gasteiger partial charge in [-0.05, 0) is 29.5 Å². The van der Waals surface area contributed by atoms with Crippen LogP contribution < -0.4 is 5.32 Å². The van der Waals surface area contributed by atoms with E-state index in [9.17, 15) is 14.4 Å². The van der Waals surface area contributed by atoms with Crippen LogP contribution in [-0.4, -0.2) is 36.1 Å². The molecule has 6 heteroatoms. The van der Waals surface area contributed by atoms with Gasteiger partial charge in [0.25, 0.3) is 0 Å². The number of ether oxygens (including phenoxy) is 1. The fourth-order valence-corrected chi connectivity index (χ4v) is 3.19. The van der Waals surface area contributed by atoms with Gasteiger partial charge in [0.1, 0.15) is 0 Å². The van der Waals surface area contributed by atoms with E-state index in [1.165, 1.54) is 7.11 Å². The van der Waals surface area contributed by atoms with E-state index in [1.807, 2.05) is 54.6 Å². The van der Waals surface area contributed by atoms with E-state index in [0.717, 1.165) is 16.7 Å². The molecule has 0 bridgehead atoms. The van der Waals surface area contributed by atoms with E-state index in [2.05, 4.69) is 5.32 Å². The molecule has 0 aliphatic rings. The second kappa shape index (κ2) is 11.0. The highest BCUT2D eigenvalue weighted by atomic mass is 16.5. The van der Waals surface area contributed by atoms with Gasteiger partial charge < -0.3 is 15.2 Å². The molecule has 29 heavy (non-hydrogen) atoms. The number of nitrogens with one attached hydrogen (secondary N) is 1. The molecule has 0 radical (unpaired) electrons. The normalized spacial score (nSPS) is 12.6. The Bertz CT molecular complexity index is 817. The van der Waals surface area contributed by atoms with Crippen LogP contribution in [0.2, 0.25) is 0 Å². The number of amides is 1. The maximum Gasteiger partial charge on any atom is 0.308 e. The molecule has 0 aromatic heterocycles. The van der Waals surface area contributed by atoms with Gasteiger partial charge in [0.2, 0.25) is 5.91 Å². The number of methoxy groups -OCH3 is 1. The number of rotatable bonds is 10. The largest absolute Gasteiger partial charge is 0.481 e. The van der Waals surface area contributed by atoms with Crippen LogP contribution >= 0.6 is 0 Å². The van der Waals surface area contributed by atoms with Crippen LogP contribution in [0, 0.1) is 5.92 Å². The second-order valence-corrected chi connectivity index (χ2v) is 7.09. The predicted molar refractivity (Wildman–Crippen MR) is 110 cm³/mol. The molecule has 2 aromatic rings. The van der Waals surface area contributed by atoms with Crippen molar-refractivity contribution >= 4 is 17.8 Å². The SMILES string of the molecule is COC(=O)[C@@H](C)CC(Cc1ccc(-c2ccccc2)cc1)NC(=O)CCC(=O)O. The van der Waals surface area contributed by atoms with Crippen LogP contribution in [0.15, 0.2) is 54.6 Å². The Hall–Kier alpha value is -3.15. The molecule has 1 amide bonds. The van der Waals surface area contributed by atoms with Crippen molar-refractivity contribution in [1.82, 2.24) is 5.32 Å². The van der Waals surface area contributed by atoms with Gasteiger partial charge >= 0.3 is 11.9 Å². The van der Waals surface area contributed by atoms with Crippen molar-refractivity contribution in [3.05, 3.63) is 60.2 Å². The summed E-state index contributed by atoms with van der Waals surface area (Å²) in [6.07, 6.45) is 0.628. The number of benzene rings is 2. The minimum atomic E-state index is -1.02. The van der Waals surface area contributed by atoms with Gasteiger partial charge in [-0.15, -0.1) is 0 Å². The zero-order chi connectivity index (χ0) is 21.2. The minimum absolute atomic E-state index is 0.0919. The van der Waals surface area contributed by atoms with Crippen molar-refractivity contribution in [1.29, 1.82) is 0 Å². The first-order valence-corrected chi connectivity index (χ1v) is 9.62. The van der Waals surface area contributed by atoms with Crippen LogP contribution in [0.4, 0.5) is 0 Å². The Kier molecular flexibility index (Phi) is 8.40. The maximum atomic E-state index is 12.1. The summed E-state index contributed by atoms with van der Waals surface area (Å²) in [7, 11) is 1.33. The molecule has 2 rings (SSSR count). The Morgan fingerprint density at radius 3 is 2.17 bits per heavy atom. The van der Waals surface area contributed by atoms with Gasteiger partial charge in [-0.3, -0.25) is 14.4 Å². The predicted octanol–water partition coefficient (Wildman–Crippen LogP) is 3.44. The van der Waals surface area contributed by atoms with E-state index in [1.54, 1.807) is 6.92 Å². The lowest BCUT2D eigenvalue weighted by Crippen LogP contribution is -2.38. The molecule has 6 nitrogen and oxygen atoms in total. The van der Waals surface area contributed by atoms with Gasteiger partial charge in [-0.2, -0.15) is 0 Å². The van der Waals surface area contributed by atoms with E-state index >= 15 is 0 Å². The molecule has 0 saturated carbocycles. The highest BCUT2D eigenvalue weighted by molar-refractivity contribution is 5.81. The number of carboxylic acids is 1. The van der Waals surface area contributed by atoms with E-state index in [0.29, 0.717) is 12.8 Å². The smallest absolute Gasteiger partial charge is 0.308 e. The van der Waals surface area contributed by atoms with Gasteiger partial charge in [0.05, 0.1) is 19.4 Å². The van der Waals surface area contributed by atoms with Crippen molar-refractivity contribution in [3.63, 3.8) is 0 Å². The zero-order valence-corrected chi connectivity index (χ0v) is 16.8. The molecule has 0 spiro atoms. The third kappa shape index (κ3) is 7.41. The number of aliphatic carboxylic acids is 1. The molecule has 1 unspecified atom stereocenters. The Balaban J connectivity index is 2.07. The molecule has 2 atom stereocenters. The summed E-state index contributed by atoms with van der Waals surface area (Å²) in [5.41, 5.74) is 3.24. The molecule has 154 valence electrons. The van der Waals surface area contributed by atoms with E-state index < -0.39 is 5.97 Å². The van der Waals surface area contributed by atoms with Gasteiger partial charge in [0, 0.05) is 12.5 Å². The van der Waals surface area contributed by atoms with E-state index in [-0.39, 0.29) is 36.7 Å². The summed E-state index contributed by atoms with van der Waals surface area (Å²) in [5, 5.41) is 11.6. The Labute approximate surface area is 170 Å². The molecule has 0 heterocycles. The number of esters is 1. The average Bonchev–Trinajstić information content (AvgIpc) is 2.72. The molecular formula is C23H27NO5. The fourth-order valence-electron chi connectivity index (χ4n) is 3.19. The summed E-state index contributed by atoms with van der Waals surface area (Å²) in [5.74, 6) is -2.07. The van der Waals surface area contributed by atoms with E-state index in [4.69, 9.17) is 9.84 Å². The van der Waals surface area contributed by atoms with Crippen LogP contribution in [-0.2, 0) is 25.5 Å². The first kappa shape index (κ1) is 22.1. The summed E-state index contributed by atoms with van der Waals surface area (Å²) >= 11 is 0. The van der Waals surface area contributed by atoms with Crippen molar-refractivity contribution in [2.24, 2.45) is 5.92 Å². The number of carbonyl (C=O) groups excluding carboxylic acids is 2. The Morgan fingerprint density at radius 2 is 1.59 bits per heavy atom. The molecule has 2 N–H and O–H groups in total. The summed E-state index contributed by atoms with van der Waals surface area (Å²) in [6.45, 7) is 1.75. The minimum Gasteiger partial charge on any atom is -0.481 e. The molecular weight excluding hydrogens is 370 g/mol. The van der Waals surface area contributed by atoms with Gasteiger partial charge in [-0.25, -0.2) is 0 Å². The summed E-state index contributed by atoms with van der Waals surface area (Å²) in [4.78, 5) is 34.6. The number of carboxylic acid groups (broad SMARTS) is 1. The van der Waals surface area contributed by atoms with Crippen molar-refractivity contribution in [2.45, 2.75) is 38.6 Å². The monoisotopic (exact) mass is 397 g/mol. The first-order chi connectivity index (χ1) is 13.9. The average molecular weight is 397 g/mol. The molecule has 0 aliphatic carbocycles. The van der Waals surface area contributed by atoms with Crippen molar-refractivity contribution in [2.75, 3.05) is 7.11 Å². The van der Waals surface area contributed by atoms with Crippen molar-refractivity contribution in [3.8, 4) is 11.1 Å². The maximum absolute atomic E-state index is 12.1. The first-order valence-electron chi connectivity index (χ1n) is 9.62. The van der Waals surface area contributed by atoms with Gasteiger partial charge in [0.15, 0.2) is 0 Å². The molecule has 0 saturated heterocycles. The summed E-state index contributed by atoms with van der Waals surface area (Å²) < 4.78 is 4.78.